The third kappa shape index (κ3) is 3.38. The van der Waals surface area contributed by atoms with E-state index in [-0.39, 0.29) is 6.04 Å². The van der Waals surface area contributed by atoms with Gasteiger partial charge in [0.15, 0.2) is 0 Å². The summed E-state index contributed by atoms with van der Waals surface area (Å²) in [6.07, 6.45) is 3.41. The summed E-state index contributed by atoms with van der Waals surface area (Å²) in [5, 5.41) is 13.9. The SMILES string of the molecule is c1ccc2nc(CN3CCCCC3c3nnc(-c4ccsc4)o3)ccc2c1. The molecule has 0 spiro atoms. The number of hydrogen-bond acceptors (Lipinski definition) is 6. The molecule has 1 aromatic carbocycles. The van der Waals surface area contributed by atoms with E-state index in [0.717, 1.165) is 42.2 Å². The molecule has 3 aromatic heterocycles. The van der Waals surface area contributed by atoms with Crippen LogP contribution in [0.1, 0.15) is 36.9 Å². The molecule has 5 rings (SSSR count). The van der Waals surface area contributed by atoms with Crippen molar-refractivity contribution in [1.29, 1.82) is 0 Å². The van der Waals surface area contributed by atoms with Gasteiger partial charge < -0.3 is 4.42 Å². The number of aromatic nitrogens is 3. The molecule has 1 aliphatic heterocycles. The van der Waals surface area contributed by atoms with Crippen LogP contribution in [0.2, 0.25) is 0 Å². The Labute approximate surface area is 161 Å². The zero-order chi connectivity index (χ0) is 18.1. The first kappa shape index (κ1) is 16.6. The van der Waals surface area contributed by atoms with Crippen LogP contribution < -0.4 is 0 Å². The Hall–Kier alpha value is -2.57. The first-order valence-electron chi connectivity index (χ1n) is 9.31. The average Bonchev–Trinajstić information content (AvgIpc) is 3.40. The van der Waals surface area contributed by atoms with Gasteiger partial charge in [0, 0.05) is 22.9 Å². The summed E-state index contributed by atoms with van der Waals surface area (Å²) in [4.78, 5) is 7.26. The van der Waals surface area contributed by atoms with Crippen molar-refractivity contribution in [2.75, 3.05) is 6.54 Å². The summed E-state index contributed by atoms with van der Waals surface area (Å²) in [5.41, 5.74) is 3.12. The maximum absolute atomic E-state index is 6.03. The molecule has 0 saturated carbocycles. The van der Waals surface area contributed by atoms with E-state index in [4.69, 9.17) is 9.40 Å². The monoisotopic (exact) mass is 376 g/mol. The molecule has 27 heavy (non-hydrogen) atoms. The van der Waals surface area contributed by atoms with Gasteiger partial charge in [0.25, 0.3) is 0 Å². The lowest BCUT2D eigenvalue weighted by Crippen LogP contribution is -2.33. The number of para-hydroxylation sites is 1. The molecule has 1 unspecified atom stereocenters. The third-order valence-corrected chi connectivity index (χ3v) is 5.81. The normalized spacial score (nSPS) is 18.1. The van der Waals surface area contributed by atoms with E-state index in [0.29, 0.717) is 5.89 Å². The molecular formula is C21H20N4OS. The predicted octanol–water partition coefficient (Wildman–Crippen LogP) is 5.07. The van der Waals surface area contributed by atoms with Gasteiger partial charge in [0.2, 0.25) is 11.8 Å². The minimum absolute atomic E-state index is 0.159. The highest BCUT2D eigenvalue weighted by Crippen LogP contribution is 2.33. The Morgan fingerprint density at radius 1 is 1.07 bits per heavy atom. The smallest absolute Gasteiger partial charge is 0.248 e. The number of thiophene rings is 1. The summed E-state index contributed by atoms with van der Waals surface area (Å²) in [5.74, 6) is 1.33. The zero-order valence-electron chi connectivity index (χ0n) is 14.9. The van der Waals surface area contributed by atoms with Crippen LogP contribution in [-0.2, 0) is 6.54 Å². The van der Waals surface area contributed by atoms with Crippen LogP contribution in [0, 0.1) is 0 Å². The molecule has 1 saturated heterocycles. The topological polar surface area (TPSA) is 55.1 Å². The molecule has 136 valence electrons. The molecule has 6 heteroatoms. The van der Waals surface area contributed by atoms with Crippen LogP contribution in [0.4, 0.5) is 0 Å². The van der Waals surface area contributed by atoms with Crippen molar-refractivity contribution in [3.63, 3.8) is 0 Å². The van der Waals surface area contributed by atoms with Gasteiger partial charge in [-0.3, -0.25) is 9.88 Å². The summed E-state index contributed by atoms with van der Waals surface area (Å²) in [6.45, 7) is 1.82. The zero-order valence-corrected chi connectivity index (χ0v) is 15.7. The third-order valence-electron chi connectivity index (χ3n) is 5.13. The lowest BCUT2D eigenvalue weighted by atomic mass is 10.0. The van der Waals surface area contributed by atoms with Crippen molar-refractivity contribution in [2.24, 2.45) is 0 Å². The molecule has 0 radical (unpaired) electrons. The lowest BCUT2D eigenvalue weighted by Gasteiger charge is -2.33. The number of piperidine rings is 1. The molecule has 1 fully saturated rings. The summed E-state index contributed by atoms with van der Waals surface area (Å²) in [6, 6.07) is 14.7. The molecule has 0 N–H and O–H groups in total. The number of likely N-dealkylation sites (tertiary alicyclic amines) is 1. The highest BCUT2D eigenvalue weighted by Gasteiger charge is 2.29. The van der Waals surface area contributed by atoms with Gasteiger partial charge in [-0.2, -0.15) is 11.3 Å². The van der Waals surface area contributed by atoms with E-state index >= 15 is 0 Å². The fourth-order valence-corrected chi connectivity index (χ4v) is 4.37. The minimum atomic E-state index is 0.159. The van der Waals surface area contributed by atoms with Gasteiger partial charge >= 0.3 is 0 Å². The van der Waals surface area contributed by atoms with Crippen LogP contribution in [0.25, 0.3) is 22.4 Å². The Kier molecular flexibility index (Phi) is 4.43. The number of benzene rings is 1. The van der Waals surface area contributed by atoms with Gasteiger partial charge in [-0.25, -0.2) is 0 Å². The van der Waals surface area contributed by atoms with E-state index in [1.807, 2.05) is 29.0 Å². The number of pyridine rings is 1. The second kappa shape index (κ2) is 7.21. The van der Waals surface area contributed by atoms with Crippen molar-refractivity contribution in [1.82, 2.24) is 20.1 Å². The standard InChI is InChI=1S/C21H20N4OS/c1-2-6-18-15(5-1)8-9-17(22-18)13-25-11-4-3-7-19(25)21-24-23-20(26-21)16-10-12-27-14-16/h1-2,5-6,8-10,12,14,19H,3-4,7,11,13H2. The number of nitrogens with zero attached hydrogens (tertiary/aromatic N) is 4. The van der Waals surface area contributed by atoms with Gasteiger partial charge in [-0.1, -0.05) is 30.7 Å². The number of rotatable bonds is 4. The molecule has 4 heterocycles. The molecule has 0 amide bonds. The van der Waals surface area contributed by atoms with E-state index in [1.165, 1.54) is 18.2 Å². The van der Waals surface area contributed by atoms with Crippen LogP contribution in [-0.4, -0.2) is 26.6 Å². The fourth-order valence-electron chi connectivity index (χ4n) is 3.74. The Bertz CT molecular complexity index is 1040. The molecule has 5 nitrogen and oxygen atoms in total. The van der Waals surface area contributed by atoms with E-state index < -0.39 is 0 Å². The van der Waals surface area contributed by atoms with Gasteiger partial charge in [-0.05, 0) is 43.0 Å². The Balaban J connectivity index is 1.40. The van der Waals surface area contributed by atoms with Crippen molar-refractivity contribution in [3.8, 4) is 11.5 Å². The molecular weight excluding hydrogens is 356 g/mol. The Morgan fingerprint density at radius 3 is 2.96 bits per heavy atom. The summed E-state index contributed by atoms with van der Waals surface area (Å²) in [7, 11) is 0. The molecule has 0 aliphatic carbocycles. The van der Waals surface area contributed by atoms with Crippen molar-refractivity contribution < 1.29 is 4.42 Å². The van der Waals surface area contributed by atoms with Crippen molar-refractivity contribution in [2.45, 2.75) is 31.8 Å². The maximum Gasteiger partial charge on any atom is 0.248 e. The van der Waals surface area contributed by atoms with Gasteiger partial charge in [-0.15, -0.1) is 10.2 Å². The molecule has 0 bridgehead atoms. The lowest BCUT2D eigenvalue weighted by molar-refractivity contribution is 0.117. The van der Waals surface area contributed by atoms with Crippen molar-refractivity contribution >= 4 is 22.2 Å². The first-order valence-corrected chi connectivity index (χ1v) is 10.3. The average molecular weight is 376 g/mol. The van der Waals surface area contributed by atoms with E-state index in [1.54, 1.807) is 11.3 Å². The molecule has 4 aromatic rings. The number of fused-ring (bicyclic) bond motifs is 1. The van der Waals surface area contributed by atoms with Crippen LogP contribution in [0.15, 0.2) is 57.6 Å². The van der Waals surface area contributed by atoms with Crippen LogP contribution >= 0.6 is 11.3 Å². The predicted molar refractivity (Wildman–Crippen MR) is 106 cm³/mol. The number of hydrogen-bond donors (Lipinski definition) is 0. The second-order valence-electron chi connectivity index (χ2n) is 6.93. The summed E-state index contributed by atoms with van der Waals surface area (Å²) < 4.78 is 6.03. The van der Waals surface area contributed by atoms with Gasteiger partial charge in [0.05, 0.1) is 17.3 Å². The quantitative estimate of drug-likeness (QED) is 0.497. The van der Waals surface area contributed by atoms with Crippen molar-refractivity contribution in [3.05, 3.63) is 64.8 Å². The molecule has 1 aliphatic rings. The fraction of sp³-hybridized carbons (Fsp3) is 0.286. The Morgan fingerprint density at radius 2 is 2.04 bits per heavy atom. The maximum atomic E-state index is 6.03. The summed E-state index contributed by atoms with van der Waals surface area (Å²) >= 11 is 1.64. The van der Waals surface area contributed by atoms with E-state index in [9.17, 15) is 0 Å². The minimum Gasteiger partial charge on any atom is -0.419 e. The van der Waals surface area contributed by atoms with Crippen LogP contribution in [0.5, 0.6) is 0 Å². The van der Waals surface area contributed by atoms with Gasteiger partial charge in [0.1, 0.15) is 0 Å². The molecule has 1 atom stereocenters. The first-order chi connectivity index (χ1) is 13.4. The largest absolute Gasteiger partial charge is 0.419 e. The van der Waals surface area contributed by atoms with Crippen LogP contribution in [0.3, 0.4) is 0 Å². The second-order valence-corrected chi connectivity index (χ2v) is 7.71. The highest BCUT2D eigenvalue weighted by molar-refractivity contribution is 7.08. The van der Waals surface area contributed by atoms with E-state index in [2.05, 4.69) is 39.4 Å². The highest BCUT2D eigenvalue weighted by atomic mass is 32.1.